The van der Waals surface area contributed by atoms with E-state index in [0.29, 0.717) is 19.4 Å². The Morgan fingerprint density at radius 3 is 2.65 bits per heavy atom. The summed E-state index contributed by atoms with van der Waals surface area (Å²) in [6.45, 7) is 4.45. The molecule has 0 aliphatic heterocycles. The molecular formula is C11H23N3O3. The minimum atomic E-state index is -0.0897. The molecule has 2 unspecified atom stereocenters. The molecule has 0 fully saturated rings. The summed E-state index contributed by atoms with van der Waals surface area (Å²) in [6, 6.07) is -0.0897. The molecule has 6 heteroatoms. The first kappa shape index (κ1) is 15.7. The standard InChI is InChI=1S/C11H23N3O3/c1-4-9(6-10(12)14-16)13-11(15)5-8(2)7-17-3/h8-9,16H,4-7H2,1-3H3,(H2,12,14)(H,13,15). The average Bonchev–Trinajstić information content (AvgIpc) is 2.27. The third-order valence-corrected chi connectivity index (χ3v) is 2.43. The van der Waals surface area contributed by atoms with Gasteiger partial charge in [0.1, 0.15) is 5.84 Å². The summed E-state index contributed by atoms with van der Waals surface area (Å²) in [6.07, 6.45) is 1.51. The summed E-state index contributed by atoms with van der Waals surface area (Å²) < 4.78 is 4.97. The third kappa shape index (κ3) is 7.57. The molecule has 100 valence electrons. The molecule has 0 saturated heterocycles. The van der Waals surface area contributed by atoms with Gasteiger partial charge in [-0.25, -0.2) is 0 Å². The van der Waals surface area contributed by atoms with Crippen molar-refractivity contribution in [2.24, 2.45) is 16.8 Å². The van der Waals surface area contributed by atoms with Gasteiger partial charge in [-0.2, -0.15) is 0 Å². The molecule has 0 aromatic rings. The monoisotopic (exact) mass is 245 g/mol. The number of ether oxygens (including phenoxy) is 1. The van der Waals surface area contributed by atoms with Crippen LogP contribution in [0.5, 0.6) is 0 Å². The SMILES string of the molecule is CCC(CC(N)=NO)NC(=O)CC(C)COC. The molecule has 0 saturated carbocycles. The lowest BCUT2D eigenvalue weighted by Crippen LogP contribution is -2.38. The van der Waals surface area contributed by atoms with E-state index >= 15 is 0 Å². The summed E-state index contributed by atoms with van der Waals surface area (Å²) in [5.41, 5.74) is 5.40. The number of hydrogen-bond acceptors (Lipinski definition) is 4. The maximum atomic E-state index is 11.7. The van der Waals surface area contributed by atoms with Gasteiger partial charge in [-0.3, -0.25) is 4.79 Å². The van der Waals surface area contributed by atoms with Gasteiger partial charge in [0.2, 0.25) is 5.91 Å². The lowest BCUT2D eigenvalue weighted by atomic mass is 10.1. The van der Waals surface area contributed by atoms with Crippen LogP contribution in [0.2, 0.25) is 0 Å². The predicted molar refractivity (Wildman–Crippen MR) is 65.9 cm³/mol. The zero-order chi connectivity index (χ0) is 13.3. The fraction of sp³-hybridized carbons (Fsp3) is 0.818. The number of hydrogen-bond donors (Lipinski definition) is 3. The van der Waals surface area contributed by atoms with E-state index in [1.807, 2.05) is 13.8 Å². The molecule has 0 bridgehead atoms. The largest absolute Gasteiger partial charge is 0.409 e. The highest BCUT2D eigenvalue weighted by Gasteiger charge is 2.14. The Morgan fingerprint density at radius 1 is 1.53 bits per heavy atom. The molecule has 2 atom stereocenters. The number of nitrogens with zero attached hydrogens (tertiary/aromatic N) is 1. The minimum absolute atomic E-state index is 0.0351. The van der Waals surface area contributed by atoms with Crippen molar-refractivity contribution in [3.63, 3.8) is 0 Å². The second-order valence-corrected chi connectivity index (χ2v) is 4.23. The van der Waals surface area contributed by atoms with Gasteiger partial charge in [0, 0.05) is 32.6 Å². The van der Waals surface area contributed by atoms with Crippen molar-refractivity contribution in [3.05, 3.63) is 0 Å². The van der Waals surface area contributed by atoms with Crippen LogP contribution in [0.25, 0.3) is 0 Å². The summed E-state index contributed by atoms with van der Waals surface area (Å²) in [5, 5.41) is 14.2. The maximum Gasteiger partial charge on any atom is 0.220 e. The zero-order valence-electron chi connectivity index (χ0n) is 10.8. The van der Waals surface area contributed by atoms with Crippen LogP contribution in [0, 0.1) is 5.92 Å². The van der Waals surface area contributed by atoms with E-state index in [1.165, 1.54) is 0 Å². The molecule has 6 nitrogen and oxygen atoms in total. The van der Waals surface area contributed by atoms with Crippen LogP contribution in [0.1, 0.15) is 33.1 Å². The van der Waals surface area contributed by atoms with Gasteiger partial charge in [0.15, 0.2) is 0 Å². The van der Waals surface area contributed by atoms with E-state index < -0.39 is 0 Å². The van der Waals surface area contributed by atoms with Gasteiger partial charge < -0.3 is 21.0 Å². The number of amides is 1. The summed E-state index contributed by atoms with van der Waals surface area (Å²) in [5.74, 6) is 0.274. The Bertz CT molecular complexity index is 256. The van der Waals surface area contributed by atoms with E-state index in [2.05, 4.69) is 10.5 Å². The van der Waals surface area contributed by atoms with Crippen LogP contribution in [0.3, 0.4) is 0 Å². The van der Waals surface area contributed by atoms with Crippen molar-refractivity contribution in [2.75, 3.05) is 13.7 Å². The zero-order valence-corrected chi connectivity index (χ0v) is 10.8. The third-order valence-electron chi connectivity index (χ3n) is 2.43. The topological polar surface area (TPSA) is 96.9 Å². The number of carbonyl (C=O) groups excluding carboxylic acids is 1. The highest BCUT2D eigenvalue weighted by Crippen LogP contribution is 2.04. The summed E-state index contributed by atoms with van der Waals surface area (Å²) in [4.78, 5) is 11.7. The fourth-order valence-electron chi connectivity index (χ4n) is 1.54. The normalized spacial score (nSPS) is 15.4. The molecule has 0 aromatic carbocycles. The summed E-state index contributed by atoms with van der Waals surface area (Å²) >= 11 is 0. The molecule has 0 aliphatic rings. The van der Waals surface area contributed by atoms with Crippen molar-refractivity contribution in [3.8, 4) is 0 Å². The van der Waals surface area contributed by atoms with E-state index in [1.54, 1.807) is 7.11 Å². The first-order valence-electron chi connectivity index (χ1n) is 5.78. The Balaban J connectivity index is 4.06. The lowest BCUT2D eigenvalue weighted by molar-refractivity contribution is -0.123. The number of rotatable bonds is 8. The molecule has 0 rings (SSSR count). The Kier molecular flexibility index (Phi) is 8.13. The van der Waals surface area contributed by atoms with Crippen LogP contribution in [0.15, 0.2) is 5.16 Å². The maximum absolute atomic E-state index is 11.7. The van der Waals surface area contributed by atoms with Gasteiger partial charge in [-0.05, 0) is 12.3 Å². The van der Waals surface area contributed by atoms with Gasteiger partial charge >= 0.3 is 0 Å². The molecule has 0 aliphatic carbocycles. The van der Waals surface area contributed by atoms with Crippen LogP contribution < -0.4 is 11.1 Å². The first-order chi connectivity index (χ1) is 8.03. The quantitative estimate of drug-likeness (QED) is 0.254. The van der Waals surface area contributed by atoms with Gasteiger partial charge in [0.05, 0.1) is 0 Å². The highest BCUT2D eigenvalue weighted by atomic mass is 16.5. The number of nitrogens with one attached hydrogen (secondary N) is 1. The molecule has 0 aromatic heterocycles. The lowest BCUT2D eigenvalue weighted by Gasteiger charge is -2.17. The number of amidine groups is 1. The van der Waals surface area contributed by atoms with Crippen LogP contribution >= 0.6 is 0 Å². The molecule has 4 N–H and O–H groups in total. The van der Waals surface area contributed by atoms with Crippen LogP contribution in [-0.2, 0) is 9.53 Å². The van der Waals surface area contributed by atoms with E-state index in [4.69, 9.17) is 15.7 Å². The predicted octanol–water partition coefficient (Wildman–Crippen LogP) is 0.690. The first-order valence-corrected chi connectivity index (χ1v) is 5.78. The highest BCUT2D eigenvalue weighted by molar-refractivity contribution is 5.82. The fourth-order valence-corrected chi connectivity index (χ4v) is 1.54. The van der Waals surface area contributed by atoms with Crippen molar-refractivity contribution < 1.29 is 14.7 Å². The molecule has 17 heavy (non-hydrogen) atoms. The van der Waals surface area contributed by atoms with Gasteiger partial charge in [-0.1, -0.05) is 19.0 Å². The average molecular weight is 245 g/mol. The smallest absolute Gasteiger partial charge is 0.220 e. The number of nitrogens with two attached hydrogens (primary N) is 1. The molecule has 0 spiro atoms. The van der Waals surface area contributed by atoms with E-state index in [-0.39, 0.29) is 23.7 Å². The van der Waals surface area contributed by atoms with Crippen LogP contribution in [-0.4, -0.2) is 36.7 Å². The van der Waals surface area contributed by atoms with Crippen molar-refractivity contribution in [1.29, 1.82) is 0 Å². The second-order valence-electron chi connectivity index (χ2n) is 4.23. The second kappa shape index (κ2) is 8.81. The van der Waals surface area contributed by atoms with E-state index in [9.17, 15) is 4.79 Å². The van der Waals surface area contributed by atoms with Crippen molar-refractivity contribution >= 4 is 11.7 Å². The number of carbonyl (C=O) groups is 1. The minimum Gasteiger partial charge on any atom is -0.409 e. The Hall–Kier alpha value is -1.30. The molecular weight excluding hydrogens is 222 g/mol. The van der Waals surface area contributed by atoms with Gasteiger partial charge in [0.25, 0.3) is 0 Å². The molecule has 0 radical (unpaired) electrons. The van der Waals surface area contributed by atoms with E-state index in [0.717, 1.165) is 6.42 Å². The Morgan fingerprint density at radius 2 is 2.18 bits per heavy atom. The van der Waals surface area contributed by atoms with Crippen LogP contribution in [0.4, 0.5) is 0 Å². The number of oxime groups is 1. The van der Waals surface area contributed by atoms with Crippen molar-refractivity contribution in [2.45, 2.75) is 39.2 Å². The van der Waals surface area contributed by atoms with Crippen molar-refractivity contribution in [1.82, 2.24) is 5.32 Å². The summed E-state index contributed by atoms with van der Waals surface area (Å²) in [7, 11) is 1.61. The number of methoxy groups -OCH3 is 1. The molecule has 0 heterocycles. The Labute approximate surface area is 102 Å². The molecule has 1 amide bonds. The van der Waals surface area contributed by atoms with Gasteiger partial charge in [-0.15, -0.1) is 0 Å².